The van der Waals surface area contributed by atoms with Gasteiger partial charge in [0.2, 0.25) is 0 Å². The van der Waals surface area contributed by atoms with E-state index in [-0.39, 0.29) is 6.04 Å². The largest absolute Gasteiger partial charge is 0.494 e. The van der Waals surface area contributed by atoms with Gasteiger partial charge in [0, 0.05) is 12.5 Å². The second-order valence-corrected chi connectivity index (χ2v) is 4.27. The minimum absolute atomic E-state index is 0.160. The van der Waals surface area contributed by atoms with Crippen LogP contribution in [-0.2, 0) is 4.74 Å². The zero-order valence-corrected chi connectivity index (χ0v) is 10.2. The molecule has 94 valence electrons. The molecule has 3 N–H and O–H groups in total. The highest BCUT2D eigenvalue weighted by atomic mass is 16.5. The van der Waals surface area contributed by atoms with Crippen LogP contribution in [-0.4, -0.2) is 19.8 Å². The fraction of sp³-hybridized carbons (Fsp3) is 0.538. The molecule has 2 atom stereocenters. The van der Waals surface area contributed by atoms with E-state index in [0.717, 1.165) is 25.4 Å². The number of nitrogens with one attached hydrogen (secondary N) is 1. The average molecular weight is 236 g/mol. The zero-order chi connectivity index (χ0) is 12.1. The van der Waals surface area contributed by atoms with Gasteiger partial charge in [-0.05, 0) is 31.0 Å². The Morgan fingerprint density at radius 3 is 2.76 bits per heavy atom. The first-order valence-electron chi connectivity index (χ1n) is 6.11. The lowest BCUT2D eigenvalue weighted by atomic mass is 9.93. The predicted octanol–water partition coefficient (Wildman–Crippen LogP) is 1.63. The van der Waals surface area contributed by atoms with Gasteiger partial charge in [-0.15, -0.1) is 0 Å². The molecule has 1 aliphatic rings. The van der Waals surface area contributed by atoms with Gasteiger partial charge < -0.3 is 9.47 Å². The van der Waals surface area contributed by atoms with Crippen molar-refractivity contribution in [2.75, 3.05) is 19.8 Å². The van der Waals surface area contributed by atoms with Crippen LogP contribution in [0.5, 0.6) is 5.75 Å². The van der Waals surface area contributed by atoms with Crippen LogP contribution in [0.1, 0.15) is 24.9 Å². The predicted molar refractivity (Wildman–Crippen MR) is 66.6 cm³/mol. The molecule has 0 spiro atoms. The topological polar surface area (TPSA) is 56.5 Å². The Kier molecular flexibility index (Phi) is 4.36. The zero-order valence-electron chi connectivity index (χ0n) is 10.2. The van der Waals surface area contributed by atoms with E-state index in [9.17, 15) is 0 Å². The van der Waals surface area contributed by atoms with Crippen molar-refractivity contribution in [3.63, 3.8) is 0 Å². The molecule has 0 saturated carbocycles. The van der Waals surface area contributed by atoms with Gasteiger partial charge in [0.05, 0.1) is 19.3 Å². The molecule has 0 radical (unpaired) electrons. The second kappa shape index (κ2) is 6.00. The third-order valence-electron chi connectivity index (χ3n) is 3.17. The second-order valence-electron chi connectivity index (χ2n) is 4.27. The van der Waals surface area contributed by atoms with Crippen LogP contribution < -0.4 is 16.0 Å². The molecule has 1 aliphatic heterocycles. The number of hydrogen-bond acceptors (Lipinski definition) is 4. The van der Waals surface area contributed by atoms with E-state index in [1.165, 1.54) is 5.56 Å². The summed E-state index contributed by atoms with van der Waals surface area (Å²) in [5, 5.41) is 0. The van der Waals surface area contributed by atoms with E-state index in [2.05, 4.69) is 17.6 Å². The Hall–Kier alpha value is -1.10. The van der Waals surface area contributed by atoms with Crippen LogP contribution in [0.25, 0.3) is 0 Å². The van der Waals surface area contributed by atoms with Crippen molar-refractivity contribution in [2.45, 2.75) is 19.4 Å². The summed E-state index contributed by atoms with van der Waals surface area (Å²) in [5.41, 5.74) is 4.08. The number of ether oxygens (including phenoxy) is 2. The summed E-state index contributed by atoms with van der Waals surface area (Å²) in [4.78, 5) is 0. The molecule has 1 heterocycles. The Morgan fingerprint density at radius 1 is 1.47 bits per heavy atom. The lowest BCUT2D eigenvalue weighted by Gasteiger charge is -2.22. The molecule has 1 saturated heterocycles. The molecule has 4 heteroatoms. The highest BCUT2D eigenvalue weighted by Crippen LogP contribution is 2.29. The summed E-state index contributed by atoms with van der Waals surface area (Å²) in [5.74, 6) is 7.00. The van der Waals surface area contributed by atoms with Crippen LogP contribution in [0.3, 0.4) is 0 Å². The van der Waals surface area contributed by atoms with Crippen LogP contribution in [0.15, 0.2) is 24.3 Å². The molecule has 1 aromatic rings. The van der Waals surface area contributed by atoms with Crippen LogP contribution in [0.4, 0.5) is 0 Å². The van der Waals surface area contributed by atoms with Crippen LogP contribution in [0.2, 0.25) is 0 Å². The summed E-state index contributed by atoms with van der Waals surface area (Å²) in [6, 6.07) is 8.26. The summed E-state index contributed by atoms with van der Waals surface area (Å²) < 4.78 is 10.8. The van der Waals surface area contributed by atoms with Gasteiger partial charge in [0.25, 0.3) is 0 Å². The highest BCUT2D eigenvalue weighted by Gasteiger charge is 2.26. The Balaban J connectivity index is 2.07. The lowest BCUT2D eigenvalue weighted by molar-refractivity contribution is 0.177. The average Bonchev–Trinajstić information content (AvgIpc) is 2.86. The van der Waals surface area contributed by atoms with Gasteiger partial charge in [-0.2, -0.15) is 0 Å². The van der Waals surface area contributed by atoms with Gasteiger partial charge in [-0.25, -0.2) is 0 Å². The minimum Gasteiger partial charge on any atom is -0.494 e. The molecule has 2 rings (SSSR count). The SMILES string of the molecule is CCOc1ccc(C(NN)C2CCOC2)cc1. The molecule has 1 fully saturated rings. The first kappa shape index (κ1) is 12.4. The van der Waals surface area contributed by atoms with E-state index in [1.807, 2.05) is 19.1 Å². The Bertz CT molecular complexity index is 334. The van der Waals surface area contributed by atoms with Crippen molar-refractivity contribution < 1.29 is 9.47 Å². The quantitative estimate of drug-likeness (QED) is 0.602. The standard InChI is InChI=1S/C13H20N2O2/c1-2-17-12-5-3-10(4-6-12)13(15-14)11-7-8-16-9-11/h3-6,11,13,15H,2,7-9,14H2,1H3. The normalized spacial score (nSPS) is 21.4. The molecule has 0 aromatic heterocycles. The smallest absolute Gasteiger partial charge is 0.119 e. The molecule has 4 nitrogen and oxygen atoms in total. The highest BCUT2D eigenvalue weighted by molar-refractivity contribution is 5.29. The van der Waals surface area contributed by atoms with Crippen molar-refractivity contribution in [1.82, 2.24) is 5.43 Å². The van der Waals surface area contributed by atoms with Crippen molar-refractivity contribution in [3.8, 4) is 5.75 Å². The molecule has 2 unspecified atom stereocenters. The molecule has 0 amide bonds. The first-order chi connectivity index (χ1) is 8.35. The van der Waals surface area contributed by atoms with Gasteiger partial charge >= 0.3 is 0 Å². The van der Waals surface area contributed by atoms with Gasteiger partial charge in [-0.1, -0.05) is 12.1 Å². The molecular formula is C13H20N2O2. The number of nitrogens with two attached hydrogens (primary N) is 1. The summed E-state index contributed by atoms with van der Waals surface area (Å²) in [7, 11) is 0. The minimum atomic E-state index is 0.160. The summed E-state index contributed by atoms with van der Waals surface area (Å²) >= 11 is 0. The molecule has 0 aliphatic carbocycles. The monoisotopic (exact) mass is 236 g/mol. The molecule has 0 bridgehead atoms. The maximum atomic E-state index is 5.64. The number of hydrogen-bond donors (Lipinski definition) is 2. The van der Waals surface area contributed by atoms with Crippen LogP contribution in [0, 0.1) is 5.92 Å². The van der Waals surface area contributed by atoms with Crippen molar-refractivity contribution in [1.29, 1.82) is 0 Å². The van der Waals surface area contributed by atoms with Crippen molar-refractivity contribution >= 4 is 0 Å². The molecule has 1 aromatic carbocycles. The fourth-order valence-electron chi connectivity index (χ4n) is 2.26. The number of rotatable bonds is 5. The lowest BCUT2D eigenvalue weighted by Crippen LogP contribution is -2.33. The maximum Gasteiger partial charge on any atom is 0.119 e. The third-order valence-corrected chi connectivity index (χ3v) is 3.17. The van der Waals surface area contributed by atoms with Crippen molar-refractivity contribution in [2.24, 2.45) is 11.8 Å². The Morgan fingerprint density at radius 2 is 2.24 bits per heavy atom. The van der Waals surface area contributed by atoms with Gasteiger partial charge in [-0.3, -0.25) is 11.3 Å². The van der Waals surface area contributed by atoms with Crippen LogP contribution >= 0.6 is 0 Å². The first-order valence-corrected chi connectivity index (χ1v) is 6.11. The number of benzene rings is 1. The van der Waals surface area contributed by atoms with Gasteiger partial charge in [0.1, 0.15) is 5.75 Å². The number of hydrazine groups is 1. The third kappa shape index (κ3) is 2.97. The molecule has 17 heavy (non-hydrogen) atoms. The maximum absolute atomic E-state index is 5.64. The van der Waals surface area contributed by atoms with E-state index >= 15 is 0 Å². The summed E-state index contributed by atoms with van der Waals surface area (Å²) in [6.07, 6.45) is 1.06. The molecular weight excluding hydrogens is 216 g/mol. The summed E-state index contributed by atoms with van der Waals surface area (Å²) in [6.45, 7) is 4.28. The Labute approximate surface area is 102 Å². The van der Waals surface area contributed by atoms with E-state index in [4.69, 9.17) is 15.3 Å². The fourth-order valence-corrected chi connectivity index (χ4v) is 2.26. The van der Waals surface area contributed by atoms with Gasteiger partial charge in [0.15, 0.2) is 0 Å². The van der Waals surface area contributed by atoms with Crippen molar-refractivity contribution in [3.05, 3.63) is 29.8 Å². The van der Waals surface area contributed by atoms with E-state index < -0.39 is 0 Å². The van der Waals surface area contributed by atoms with E-state index in [1.54, 1.807) is 0 Å². The van der Waals surface area contributed by atoms with E-state index in [0.29, 0.717) is 12.5 Å².